The van der Waals surface area contributed by atoms with E-state index in [4.69, 9.17) is 0 Å². The fraction of sp³-hybridized carbons (Fsp3) is 0.278. The highest BCUT2D eigenvalue weighted by atomic mass is 19.1. The Balaban J connectivity index is 1.59. The maximum Gasteiger partial charge on any atom is 0.255 e. The van der Waals surface area contributed by atoms with Crippen LogP contribution in [-0.2, 0) is 0 Å². The summed E-state index contributed by atoms with van der Waals surface area (Å²) in [6.07, 6.45) is 4.70. The molecule has 0 atom stereocenters. The summed E-state index contributed by atoms with van der Waals surface area (Å²) >= 11 is 0. The fourth-order valence-electron chi connectivity index (χ4n) is 3.27. The molecule has 3 aromatic rings. The second kappa shape index (κ2) is 6.03. The molecule has 1 fully saturated rings. The van der Waals surface area contributed by atoms with Gasteiger partial charge in [0.05, 0.1) is 11.6 Å². The van der Waals surface area contributed by atoms with Crippen molar-refractivity contribution in [3.8, 4) is 0 Å². The molecule has 1 aliphatic carbocycles. The quantitative estimate of drug-likeness (QED) is 0.794. The molecule has 0 spiro atoms. The molecule has 1 N–H and O–H groups in total. The van der Waals surface area contributed by atoms with Crippen molar-refractivity contribution in [2.75, 3.05) is 5.32 Å². The van der Waals surface area contributed by atoms with Crippen molar-refractivity contribution in [2.45, 2.75) is 31.7 Å². The number of carbonyl (C=O) groups excluding carboxylic acids is 1. The van der Waals surface area contributed by atoms with Gasteiger partial charge < -0.3 is 5.32 Å². The van der Waals surface area contributed by atoms with Crippen LogP contribution in [0.5, 0.6) is 0 Å². The van der Waals surface area contributed by atoms with Crippen LogP contribution in [0.3, 0.4) is 0 Å². The number of hydrogen-bond donors (Lipinski definition) is 1. The van der Waals surface area contributed by atoms with Gasteiger partial charge in [-0.25, -0.2) is 9.07 Å². The van der Waals surface area contributed by atoms with Gasteiger partial charge in [0.2, 0.25) is 0 Å². The number of carbonyl (C=O) groups is 1. The van der Waals surface area contributed by atoms with Crippen LogP contribution in [0, 0.1) is 5.82 Å². The molecule has 1 heterocycles. The van der Waals surface area contributed by atoms with E-state index in [9.17, 15) is 9.18 Å². The topological polar surface area (TPSA) is 59.8 Å². The summed E-state index contributed by atoms with van der Waals surface area (Å²) in [5, 5.41) is 11.2. The van der Waals surface area contributed by atoms with E-state index in [1.54, 1.807) is 24.3 Å². The first-order chi connectivity index (χ1) is 11.7. The molecule has 0 unspecified atom stereocenters. The largest absolute Gasteiger partial charge is 0.322 e. The lowest BCUT2D eigenvalue weighted by atomic mass is 10.1. The van der Waals surface area contributed by atoms with Crippen LogP contribution in [-0.4, -0.2) is 20.9 Å². The van der Waals surface area contributed by atoms with Gasteiger partial charge in [0.1, 0.15) is 11.3 Å². The average molecular weight is 324 g/mol. The van der Waals surface area contributed by atoms with Crippen LogP contribution in [0.1, 0.15) is 42.1 Å². The average Bonchev–Trinajstić information content (AvgIpc) is 3.23. The van der Waals surface area contributed by atoms with Crippen molar-refractivity contribution in [3.63, 3.8) is 0 Å². The van der Waals surface area contributed by atoms with E-state index >= 15 is 0 Å². The number of hydrogen-bond acceptors (Lipinski definition) is 3. The molecule has 1 aliphatic rings. The molecule has 0 bridgehead atoms. The smallest absolute Gasteiger partial charge is 0.255 e. The second-order valence-corrected chi connectivity index (χ2v) is 6.14. The van der Waals surface area contributed by atoms with Crippen LogP contribution in [0.4, 0.5) is 10.1 Å². The minimum Gasteiger partial charge on any atom is -0.322 e. The first kappa shape index (κ1) is 14.8. The number of halogens is 1. The number of nitrogens with zero attached hydrogens (tertiary/aromatic N) is 3. The van der Waals surface area contributed by atoms with Gasteiger partial charge >= 0.3 is 0 Å². The predicted molar refractivity (Wildman–Crippen MR) is 89.4 cm³/mol. The summed E-state index contributed by atoms with van der Waals surface area (Å²) in [5.74, 6) is -0.680. The first-order valence-electron chi connectivity index (χ1n) is 8.12. The van der Waals surface area contributed by atoms with E-state index in [2.05, 4.69) is 15.6 Å². The Kier molecular flexibility index (Phi) is 3.72. The Hall–Kier alpha value is -2.76. The monoisotopic (exact) mass is 324 g/mol. The lowest BCUT2D eigenvalue weighted by Crippen LogP contribution is -2.12. The van der Waals surface area contributed by atoms with E-state index in [1.807, 2.05) is 10.7 Å². The highest BCUT2D eigenvalue weighted by Crippen LogP contribution is 2.31. The molecule has 1 saturated carbocycles. The Morgan fingerprint density at radius 1 is 1.17 bits per heavy atom. The fourth-order valence-corrected chi connectivity index (χ4v) is 3.27. The lowest BCUT2D eigenvalue weighted by Gasteiger charge is -2.10. The van der Waals surface area contributed by atoms with Crippen molar-refractivity contribution in [1.29, 1.82) is 0 Å². The molecular formula is C18H17FN4O. The highest BCUT2D eigenvalue weighted by Gasteiger charge is 2.20. The van der Waals surface area contributed by atoms with Gasteiger partial charge in [0.15, 0.2) is 0 Å². The molecule has 4 rings (SSSR count). The minimum absolute atomic E-state index is 0.294. The van der Waals surface area contributed by atoms with Crippen LogP contribution in [0.25, 0.3) is 11.0 Å². The molecule has 24 heavy (non-hydrogen) atoms. The zero-order chi connectivity index (χ0) is 16.5. The van der Waals surface area contributed by atoms with Crippen LogP contribution >= 0.6 is 0 Å². The van der Waals surface area contributed by atoms with Crippen LogP contribution in [0.2, 0.25) is 0 Å². The van der Waals surface area contributed by atoms with E-state index < -0.39 is 0 Å². The third-order valence-corrected chi connectivity index (χ3v) is 4.49. The van der Waals surface area contributed by atoms with Gasteiger partial charge in [0, 0.05) is 11.3 Å². The number of anilines is 1. The van der Waals surface area contributed by atoms with Gasteiger partial charge in [-0.1, -0.05) is 24.1 Å². The summed E-state index contributed by atoms with van der Waals surface area (Å²) in [7, 11) is 0. The zero-order valence-electron chi connectivity index (χ0n) is 13.1. The minimum atomic E-state index is -0.386. The van der Waals surface area contributed by atoms with Gasteiger partial charge in [0.25, 0.3) is 5.91 Å². The van der Waals surface area contributed by atoms with Gasteiger partial charge in [-0.05, 0) is 49.2 Å². The Morgan fingerprint density at radius 3 is 2.79 bits per heavy atom. The maximum absolute atomic E-state index is 13.2. The van der Waals surface area contributed by atoms with E-state index in [0.29, 0.717) is 22.8 Å². The summed E-state index contributed by atoms with van der Waals surface area (Å²) in [6.45, 7) is 0. The third-order valence-electron chi connectivity index (χ3n) is 4.49. The summed E-state index contributed by atoms with van der Waals surface area (Å²) in [6, 6.07) is 11.6. The number of nitrogens with one attached hydrogen (secondary N) is 1. The molecule has 0 saturated heterocycles. The molecule has 0 radical (unpaired) electrons. The Bertz CT molecular complexity index is 899. The normalized spacial score (nSPS) is 15.0. The van der Waals surface area contributed by atoms with Gasteiger partial charge in [-0.15, -0.1) is 5.10 Å². The van der Waals surface area contributed by atoms with Gasteiger partial charge in [-0.2, -0.15) is 0 Å². The molecule has 0 aliphatic heterocycles. The summed E-state index contributed by atoms with van der Waals surface area (Å²) in [4.78, 5) is 12.3. The number of amides is 1. The van der Waals surface area contributed by atoms with Crippen molar-refractivity contribution in [3.05, 3.63) is 53.8 Å². The lowest BCUT2D eigenvalue weighted by molar-refractivity contribution is 0.102. The van der Waals surface area contributed by atoms with Crippen molar-refractivity contribution in [1.82, 2.24) is 15.0 Å². The SMILES string of the molecule is O=C(Nc1cccc(F)c1)c1ccc2c(c1)nnn2C1CCCC1. The van der Waals surface area contributed by atoms with Crippen LogP contribution in [0.15, 0.2) is 42.5 Å². The molecule has 5 nitrogen and oxygen atoms in total. The zero-order valence-corrected chi connectivity index (χ0v) is 13.1. The number of aromatic nitrogens is 3. The number of rotatable bonds is 3. The standard InChI is InChI=1S/C18H17FN4O/c19-13-4-3-5-14(11-13)20-18(24)12-8-9-17-16(10-12)21-22-23(17)15-6-1-2-7-15/h3-5,8-11,15H,1-2,6-7H2,(H,20,24). The molecule has 1 amide bonds. The van der Waals surface area contributed by atoms with Crippen molar-refractivity contribution >= 4 is 22.6 Å². The Morgan fingerprint density at radius 2 is 2.00 bits per heavy atom. The van der Waals surface area contributed by atoms with Crippen LogP contribution < -0.4 is 5.32 Å². The molecule has 122 valence electrons. The Labute approximate surface area is 138 Å². The van der Waals surface area contributed by atoms with E-state index in [0.717, 1.165) is 18.4 Å². The maximum atomic E-state index is 13.2. The predicted octanol–water partition coefficient (Wildman–Crippen LogP) is 3.94. The third kappa shape index (κ3) is 2.75. The molecule has 6 heteroatoms. The number of benzene rings is 2. The molecule has 2 aromatic carbocycles. The van der Waals surface area contributed by atoms with E-state index in [-0.39, 0.29) is 11.7 Å². The van der Waals surface area contributed by atoms with Crippen molar-refractivity contribution in [2.24, 2.45) is 0 Å². The second-order valence-electron chi connectivity index (χ2n) is 6.14. The molecular weight excluding hydrogens is 307 g/mol. The highest BCUT2D eigenvalue weighted by molar-refractivity contribution is 6.05. The summed E-state index contributed by atoms with van der Waals surface area (Å²) < 4.78 is 15.2. The van der Waals surface area contributed by atoms with Gasteiger partial charge in [-0.3, -0.25) is 4.79 Å². The molecule has 1 aromatic heterocycles. The first-order valence-corrected chi connectivity index (χ1v) is 8.12. The number of fused-ring (bicyclic) bond motifs is 1. The summed E-state index contributed by atoms with van der Waals surface area (Å²) in [5.41, 5.74) is 2.55. The van der Waals surface area contributed by atoms with E-state index in [1.165, 1.54) is 25.0 Å². The van der Waals surface area contributed by atoms with Crippen molar-refractivity contribution < 1.29 is 9.18 Å².